The van der Waals surface area contributed by atoms with E-state index in [1.165, 1.54) is 0 Å². The largest absolute Gasteiger partial charge is 0.376 e. The second-order valence-corrected chi connectivity index (χ2v) is 5.10. The third kappa shape index (κ3) is 6.38. The van der Waals surface area contributed by atoms with Crippen LogP contribution in [0.1, 0.15) is 33.1 Å². The summed E-state index contributed by atoms with van der Waals surface area (Å²) in [5, 5.41) is 7.18. The zero-order valence-corrected chi connectivity index (χ0v) is 13.0. The SMILES string of the molecule is CCC/C(CC)=N/NC(=O)CNc1cccc(Br)c1. The predicted molar refractivity (Wildman–Crippen MR) is 83.4 cm³/mol. The van der Waals surface area contributed by atoms with Crippen molar-refractivity contribution in [2.75, 3.05) is 11.9 Å². The van der Waals surface area contributed by atoms with E-state index in [0.29, 0.717) is 0 Å². The van der Waals surface area contributed by atoms with Crippen LogP contribution in [-0.4, -0.2) is 18.2 Å². The summed E-state index contributed by atoms with van der Waals surface area (Å²) in [5.74, 6) is -0.137. The third-order valence-corrected chi connectivity index (χ3v) is 3.06. The summed E-state index contributed by atoms with van der Waals surface area (Å²) >= 11 is 3.38. The average Bonchev–Trinajstić information content (AvgIpc) is 2.41. The molecule has 19 heavy (non-hydrogen) atoms. The quantitative estimate of drug-likeness (QED) is 0.595. The predicted octanol–water partition coefficient (Wildman–Crippen LogP) is 3.54. The zero-order valence-electron chi connectivity index (χ0n) is 11.4. The topological polar surface area (TPSA) is 53.5 Å². The Morgan fingerprint density at radius 2 is 2.16 bits per heavy atom. The first-order chi connectivity index (χ1) is 9.15. The van der Waals surface area contributed by atoms with E-state index in [-0.39, 0.29) is 12.5 Å². The number of carbonyl (C=O) groups is 1. The highest BCUT2D eigenvalue weighted by Gasteiger charge is 2.01. The first kappa shape index (κ1) is 15.7. The molecule has 0 aliphatic rings. The van der Waals surface area contributed by atoms with Crippen molar-refractivity contribution in [2.45, 2.75) is 33.1 Å². The van der Waals surface area contributed by atoms with Crippen LogP contribution in [0.25, 0.3) is 0 Å². The number of hydrogen-bond acceptors (Lipinski definition) is 3. The first-order valence-electron chi connectivity index (χ1n) is 6.49. The van der Waals surface area contributed by atoms with Crippen LogP contribution in [0.5, 0.6) is 0 Å². The van der Waals surface area contributed by atoms with E-state index in [1.807, 2.05) is 31.2 Å². The number of rotatable bonds is 7. The lowest BCUT2D eigenvalue weighted by Gasteiger charge is -2.06. The molecule has 0 radical (unpaired) electrons. The van der Waals surface area contributed by atoms with Gasteiger partial charge < -0.3 is 5.32 Å². The molecule has 0 spiro atoms. The van der Waals surface area contributed by atoms with E-state index in [2.05, 4.69) is 38.7 Å². The van der Waals surface area contributed by atoms with Crippen molar-refractivity contribution in [3.8, 4) is 0 Å². The standard InChI is InChI=1S/C14H20BrN3O/c1-3-6-12(4-2)17-18-14(19)10-16-13-8-5-7-11(15)9-13/h5,7-9,16H,3-4,6,10H2,1-2H3,(H,18,19)/b17-12+. The molecule has 0 aliphatic heterocycles. The van der Waals surface area contributed by atoms with Crippen molar-refractivity contribution in [2.24, 2.45) is 5.10 Å². The second kappa shape index (κ2) is 8.69. The monoisotopic (exact) mass is 325 g/mol. The number of anilines is 1. The molecule has 0 atom stereocenters. The summed E-state index contributed by atoms with van der Waals surface area (Å²) in [6.45, 7) is 4.35. The van der Waals surface area contributed by atoms with E-state index in [1.54, 1.807) is 0 Å². The van der Waals surface area contributed by atoms with Gasteiger partial charge in [-0.05, 0) is 31.0 Å². The van der Waals surface area contributed by atoms with Gasteiger partial charge in [-0.1, -0.05) is 42.3 Å². The average molecular weight is 326 g/mol. The Morgan fingerprint density at radius 3 is 2.79 bits per heavy atom. The van der Waals surface area contributed by atoms with Gasteiger partial charge in [-0.15, -0.1) is 0 Å². The molecule has 0 heterocycles. The van der Waals surface area contributed by atoms with Gasteiger partial charge in [0.25, 0.3) is 5.91 Å². The maximum atomic E-state index is 11.6. The van der Waals surface area contributed by atoms with Crippen LogP contribution in [-0.2, 0) is 4.79 Å². The number of halogens is 1. The van der Waals surface area contributed by atoms with Crippen LogP contribution in [0.2, 0.25) is 0 Å². The number of hydrogen-bond donors (Lipinski definition) is 2. The van der Waals surface area contributed by atoms with Gasteiger partial charge >= 0.3 is 0 Å². The highest BCUT2D eigenvalue weighted by atomic mass is 79.9. The Labute approximate surface area is 122 Å². The molecule has 0 saturated heterocycles. The minimum atomic E-state index is -0.137. The fourth-order valence-corrected chi connectivity index (χ4v) is 1.96. The lowest BCUT2D eigenvalue weighted by Crippen LogP contribution is -2.26. The highest BCUT2D eigenvalue weighted by molar-refractivity contribution is 9.10. The van der Waals surface area contributed by atoms with E-state index in [4.69, 9.17) is 0 Å². The summed E-state index contributed by atoms with van der Waals surface area (Å²) in [4.78, 5) is 11.6. The maximum Gasteiger partial charge on any atom is 0.259 e. The Balaban J connectivity index is 2.39. The Bertz CT molecular complexity index is 446. The molecule has 0 saturated carbocycles. The molecule has 2 N–H and O–H groups in total. The van der Waals surface area contributed by atoms with Crippen molar-refractivity contribution in [3.63, 3.8) is 0 Å². The number of nitrogens with zero attached hydrogens (tertiary/aromatic N) is 1. The number of benzene rings is 1. The Hall–Kier alpha value is -1.36. The van der Waals surface area contributed by atoms with Gasteiger partial charge in [-0.2, -0.15) is 5.10 Å². The molecule has 5 heteroatoms. The lowest BCUT2D eigenvalue weighted by atomic mass is 10.2. The van der Waals surface area contributed by atoms with Gasteiger partial charge in [-0.25, -0.2) is 5.43 Å². The zero-order chi connectivity index (χ0) is 14.1. The minimum Gasteiger partial charge on any atom is -0.376 e. The van der Waals surface area contributed by atoms with Crippen LogP contribution < -0.4 is 10.7 Å². The first-order valence-corrected chi connectivity index (χ1v) is 7.28. The van der Waals surface area contributed by atoms with E-state index in [9.17, 15) is 4.79 Å². The van der Waals surface area contributed by atoms with Crippen molar-refractivity contribution < 1.29 is 4.79 Å². The van der Waals surface area contributed by atoms with Gasteiger partial charge in [0.2, 0.25) is 0 Å². The summed E-state index contributed by atoms with van der Waals surface area (Å²) < 4.78 is 0.979. The highest BCUT2D eigenvalue weighted by Crippen LogP contribution is 2.15. The number of carbonyl (C=O) groups excluding carboxylic acids is 1. The number of hydrazone groups is 1. The normalized spacial score (nSPS) is 11.2. The molecule has 1 amide bonds. The van der Waals surface area contributed by atoms with Gasteiger partial charge in [0, 0.05) is 15.9 Å². The summed E-state index contributed by atoms with van der Waals surface area (Å²) in [5.41, 5.74) is 4.51. The molecule has 104 valence electrons. The van der Waals surface area contributed by atoms with Gasteiger partial charge in [0.15, 0.2) is 0 Å². The third-order valence-electron chi connectivity index (χ3n) is 2.56. The smallest absolute Gasteiger partial charge is 0.259 e. The fourth-order valence-electron chi connectivity index (χ4n) is 1.56. The molecule has 4 nitrogen and oxygen atoms in total. The van der Waals surface area contributed by atoms with Crippen LogP contribution in [0.3, 0.4) is 0 Å². The molecule has 0 unspecified atom stereocenters. The summed E-state index contributed by atoms with van der Waals surface area (Å²) in [6.07, 6.45) is 2.84. The molecular formula is C14H20BrN3O. The Kier molecular flexibility index (Phi) is 7.18. The maximum absolute atomic E-state index is 11.6. The second-order valence-electron chi connectivity index (χ2n) is 4.18. The van der Waals surface area contributed by atoms with Crippen molar-refractivity contribution in [1.29, 1.82) is 0 Å². The fraction of sp³-hybridized carbons (Fsp3) is 0.429. The van der Waals surface area contributed by atoms with Crippen molar-refractivity contribution in [3.05, 3.63) is 28.7 Å². The van der Waals surface area contributed by atoms with Gasteiger partial charge in [0.1, 0.15) is 0 Å². The summed E-state index contributed by atoms with van der Waals surface area (Å²) in [7, 11) is 0. The molecular weight excluding hydrogens is 306 g/mol. The minimum absolute atomic E-state index is 0.137. The molecule has 1 rings (SSSR count). The molecule has 0 fully saturated rings. The van der Waals surface area contributed by atoms with Crippen molar-refractivity contribution >= 4 is 33.2 Å². The van der Waals surface area contributed by atoms with Crippen LogP contribution >= 0.6 is 15.9 Å². The van der Waals surface area contributed by atoms with Gasteiger partial charge in [-0.3, -0.25) is 4.79 Å². The molecule has 0 aromatic heterocycles. The van der Waals surface area contributed by atoms with Crippen LogP contribution in [0.15, 0.2) is 33.8 Å². The number of nitrogens with one attached hydrogen (secondary N) is 2. The molecule has 0 bridgehead atoms. The summed E-state index contributed by atoms with van der Waals surface area (Å²) in [6, 6.07) is 7.69. The van der Waals surface area contributed by atoms with Crippen LogP contribution in [0.4, 0.5) is 5.69 Å². The van der Waals surface area contributed by atoms with Gasteiger partial charge in [0.05, 0.1) is 6.54 Å². The lowest BCUT2D eigenvalue weighted by molar-refractivity contribution is -0.119. The molecule has 1 aromatic carbocycles. The van der Waals surface area contributed by atoms with E-state index in [0.717, 1.165) is 35.1 Å². The van der Waals surface area contributed by atoms with Crippen molar-refractivity contribution in [1.82, 2.24) is 5.43 Å². The van der Waals surface area contributed by atoms with Crippen LogP contribution in [0, 0.1) is 0 Å². The number of amides is 1. The van der Waals surface area contributed by atoms with E-state index >= 15 is 0 Å². The van der Waals surface area contributed by atoms with E-state index < -0.39 is 0 Å². The Morgan fingerprint density at radius 1 is 1.37 bits per heavy atom. The molecule has 0 aliphatic carbocycles. The molecule has 1 aromatic rings.